The lowest BCUT2D eigenvalue weighted by atomic mass is 10.2. The molecule has 1 aliphatic rings. The molecule has 0 amide bonds. The Hall–Kier alpha value is -0.860. The first-order chi connectivity index (χ1) is 7.33. The van der Waals surface area contributed by atoms with Gasteiger partial charge in [-0.2, -0.15) is 0 Å². The molecule has 0 spiro atoms. The van der Waals surface area contributed by atoms with Crippen LogP contribution in [-0.2, 0) is 0 Å². The van der Waals surface area contributed by atoms with E-state index in [0.29, 0.717) is 0 Å². The zero-order chi connectivity index (χ0) is 10.3. The van der Waals surface area contributed by atoms with E-state index in [1.807, 2.05) is 23.5 Å². The van der Waals surface area contributed by atoms with Crippen LogP contribution in [0.15, 0.2) is 62.0 Å². The minimum atomic E-state index is 1.08. The highest BCUT2D eigenvalue weighted by Gasteiger charge is 2.15. The van der Waals surface area contributed by atoms with Crippen LogP contribution in [0.25, 0.3) is 0 Å². The highest BCUT2D eigenvalue weighted by Crippen LogP contribution is 2.48. The van der Waals surface area contributed by atoms with Gasteiger partial charge in [-0.05, 0) is 36.8 Å². The minimum absolute atomic E-state index is 1.08. The standard InChI is InChI=1S/C13H9S2/c1-9-6-7-12-13(8-9)15-11-5-3-2-4-10(11)14-12/h2-8H,1H2. The summed E-state index contributed by atoms with van der Waals surface area (Å²) in [6.45, 7) is 3.96. The van der Waals surface area contributed by atoms with Crippen molar-refractivity contribution >= 4 is 23.5 Å². The van der Waals surface area contributed by atoms with Gasteiger partial charge in [0.2, 0.25) is 0 Å². The predicted molar refractivity (Wildman–Crippen MR) is 65.6 cm³/mol. The van der Waals surface area contributed by atoms with E-state index in [-0.39, 0.29) is 0 Å². The van der Waals surface area contributed by atoms with Crippen molar-refractivity contribution in [1.82, 2.24) is 0 Å². The molecule has 0 saturated carbocycles. The normalized spacial score (nSPS) is 13.1. The van der Waals surface area contributed by atoms with Crippen molar-refractivity contribution in [1.29, 1.82) is 0 Å². The summed E-state index contributed by atoms with van der Waals surface area (Å²) < 4.78 is 0. The van der Waals surface area contributed by atoms with Gasteiger partial charge in [0, 0.05) is 19.6 Å². The van der Waals surface area contributed by atoms with Crippen molar-refractivity contribution in [3.05, 3.63) is 55.0 Å². The van der Waals surface area contributed by atoms with Crippen LogP contribution in [0.2, 0.25) is 0 Å². The van der Waals surface area contributed by atoms with Crippen molar-refractivity contribution in [3.8, 4) is 0 Å². The van der Waals surface area contributed by atoms with Gasteiger partial charge < -0.3 is 0 Å². The smallest absolute Gasteiger partial charge is 0.0265 e. The van der Waals surface area contributed by atoms with E-state index in [1.54, 1.807) is 0 Å². The zero-order valence-electron chi connectivity index (χ0n) is 8.07. The predicted octanol–water partition coefficient (Wildman–Crippen LogP) is 4.48. The van der Waals surface area contributed by atoms with Crippen LogP contribution in [0.5, 0.6) is 0 Å². The summed E-state index contributed by atoms with van der Waals surface area (Å²) in [6, 6.07) is 14.9. The van der Waals surface area contributed by atoms with Gasteiger partial charge in [-0.1, -0.05) is 41.7 Å². The molecule has 0 atom stereocenters. The molecule has 0 N–H and O–H groups in total. The maximum Gasteiger partial charge on any atom is 0.0265 e. The fourth-order valence-corrected chi connectivity index (χ4v) is 3.85. The average Bonchev–Trinajstić information content (AvgIpc) is 2.26. The maximum atomic E-state index is 3.96. The largest absolute Gasteiger partial charge is 0.0877 e. The molecule has 3 rings (SSSR count). The lowest BCUT2D eigenvalue weighted by molar-refractivity contribution is 1.15. The molecule has 1 radical (unpaired) electrons. The second kappa shape index (κ2) is 3.62. The first kappa shape index (κ1) is 9.37. The van der Waals surface area contributed by atoms with E-state index in [0.717, 1.165) is 5.56 Å². The van der Waals surface area contributed by atoms with Gasteiger partial charge in [0.15, 0.2) is 0 Å². The fraction of sp³-hybridized carbons (Fsp3) is 0. The topological polar surface area (TPSA) is 0 Å². The van der Waals surface area contributed by atoms with Crippen LogP contribution in [0.1, 0.15) is 5.56 Å². The molecule has 0 nitrogen and oxygen atoms in total. The first-order valence-electron chi connectivity index (χ1n) is 4.74. The van der Waals surface area contributed by atoms with E-state index in [1.165, 1.54) is 19.6 Å². The molecule has 0 unspecified atom stereocenters. The van der Waals surface area contributed by atoms with E-state index >= 15 is 0 Å². The van der Waals surface area contributed by atoms with Gasteiger partial charge in [0.05, 0.1) is 0 Å². The van der Waals surface area contributed by atoms with Crippen LogP contribution in [-0.4, -0.2) is 0 Å². The Morgan fingerprint density at radius 1 is 0.733 bits per heavy atom. The van der Waals surface area contributed by atoms with Gasteiger partial charge >= 0.3 is 0 Å². The molecule has 1 heterocycles. The third-order valence-corrected chi connectivity index (χ3v) is 4.84. The van der Waals surface area contributed by atoms with Crippen molar-refractivity contribution in [2.75, 3.05) is 0 Å². The van der Waals surface area contributed by atoms with Crippen LogP contribution in [0, 0.1) is 6.92 Å². The Morgan fingerprint density at radius 3 is 2.07 bits per heavy atom. The number of benzene rings is 2. The van der Waals surface area contributed by atoms with Gasteiger partial charge in [-0.3, -0.25) is 0 Å². The molecule has 2 heteroatoms. The van der Waals surface area contributed by atoms with Gasteiger partial charge in [-0.15, -0.1) is 0 Å². The Bertz CT molecular complexity index is 518. The number of fused-ring (bicyclic) bond motifs is 2. The molecule has 2 aromatic carbocycles. The maximum absolute atomic E-state index is 3.96. The second-order valence-corrected chi connectivity index (χ2v) is 5.60. The third-order valence-electron chi connectivity index (χ3n) is 2.30. The second-order valence-electron chi connectivity index (χ2n) is 3.43. The summed E-state index contributed by atoms with van der Waals surface area (Å²) in [7, 11) is 0. The monoisotopic (exact) mass is 229 g/mol. The van der Waals surface area contributed by atoms with Crippen molar-refractivity contribution < 1.29 is 0 Å². The molecule has 15 heavy (non-hydrogen) atoms. The van der Waals surface area contributed by atoms with Crippen LogP contribution in [0.4, 0.5) is 0 Å². The molecule has 0 aromatic heterocycles. The van der Waals surface area contributed by atoms with Crippen molar-refractivity contribution in [2.45, 2.75) is 19.6 Å². The fourth-order valence-electron chi connectivity index (χ4n) is 1.57. The number of hydrogen-bond acceptors (Lipinski definition) is 2. The van der Waals surface area contributed by atoms with Gasteiger partial charge in [0.25, 0.3) is 0 Å². The summed E-state index contributed by atoms with van der Waals surface area (Å²) in [5, 5.41) is 0. The van der Waals surface area contributed by atoms with Crippen molar-refractivity contribution in [3.63, 3.8) is 0 Å². The lowest BCUT2D eigenvalue weighted by Crippen LogP contribution is -1.89. The molecule has 73 valence electrons. The summed E-state index contributed by atoms with van der Waals surface area (Å²) in [6.07, 6.45) is 0. The molecule has 0 bridgehead atoms. The minimum Gasteiger partial charge on any atom is -0.0877 e. The van der Waals surface area contributed by atoms with Gasteiger partial charge in [0.1, 0.15) is 0 Å². The SMILES string of the molecule is [CH2]c1ccc2c(c1)Sc1ccccc1S2. The van der Waals surface area contributed by atoms with E-state index in [4.69, 9.17) is 0 Å². The molecule has 1 aliphatic heterocycles. The zero-order valence-corrected chi connectivity index (χ0v) is 9.70. The summed E-state index contributed by atoms with van der Waals surface area (Å²) in [5.41, 5.74) is 1.08. The van der Waals surface area contributed by atoms with Crippen LogP contribution in [0.3, 0.4) is 0 Å². The lowest BCUT2D eigenvalue weighted by Gasteiger charge is -2.18. The highest BCUT2D eigenvalue weighted by molar-refractivity contribution is 8.05. The van der Waals surface area contributed by atoms with E-state index in [2.05, 4.69) is 49.4 Å². The molecular weight excluding hydrogens is 220 g/mol. The first-order valence-corrected chi connectivity index (χ1v) is 6.37. The Morgan fingerprint density at radius 2 is 1.33 bits per heavy atom. The van der Waals surface area contributed by atoms with Crippen molar-refractivity contribution in [2.24, 2.45) is 0 Å². The average molecular weight is 229 g/mol. The van der Waals surface area contributed by atoms with Gasteiger partial charge in [-0.25, -0.2) is 0 Å². The Kier molecular flexibility index (Phi) is 2.26. The highest BCUT2D eigenvalue weighted by atomic mass is 32.2. The summed E-state index contributed by atoms with van der Waals surface area (Å²) >= 11 is 3.68. The quantitative estimate of drug-likeness (QED) is 0.557. The number of hydrogen-bond donors (Lipinski definition) is 0. The Labute approximate surface area is 98.1 Å². The number of rotatable bonds is 0. The Balaban J connectivity index is 2.11. The van der Waals surface area contributed by atoms with Crippen LogP contribution >= 0.6 is 23.5 Å². The third kappa shape index (κ3) is 1.68. The molecule has 0 fully saturated rings. The molecule has 2 aromatic rings. The van der Waals surface area contributed by atoms with E-state index in [9.17, 15) is 0 Å². The molecule has 0 saturated heterocycles. The summed E-state index contributed by atoms with van der Waals surface area (Å²) in [4.78, 5) is 5.37. The summed E-state index contributed by atoms with van der Waals surface area (Å²) in [5.74, 6) is 0. The van der Waals surface area contributed by atoms with E-state index < -0.39 is 0 Å². The molecule has 0 aliphatic carbocycles. The molecular formula is C13H9S2. The van der Waals surface area contributed by atoms with Crippen LogP contribution < -0.4 is 0 Å².